The Morgan fingerprint density at radius 1 is 1.36 bits per heavy atom. The molecule has 25 heavy (non-hydrogen) atoms. The number of pyridine rings is 1. The quantitative estimate of drug-likeness (QED) is 0.570. The summed E-state index contributed by atoms with van der Waals surface area (Å²) >= 11 is 1.85. The molecule has 6 nitrogen and oxygen atoms in total. The molecule has 2 N–H and O–H groups in total. The van der Waals surface area contributed by atoms with Gasteiger partial charge in [-0.2, -0.15) is 11.8 Å². The fraction of sp³-hybridized carbons (Fsp3) is 0.667. The first-order valence-electron chi connectivity index (χ1n) is 8.89. The number of rotatable bonds is 7. The highest BCUT2D eigenvalue weighted by Gasteiger charge is 2.17. The molecule has 140 valence electrons. The zero-order valence-corrected chi connectivity index (χ0v) is 16.7. The Kier molecular flexibility index (Phi) is 7.84. The summed E-state index contributed by atoms with van der Waals surface area (Å²) in [5.74, 6) is 1.87. The minimum atomic E-state index is 0.170. The van der Waals surface area contributed by atoms with Gasteiger partial charge in [-0.15, -0.1) is 0 Å². The van der Waals surface area contributed by atoms with Gasteiger partial charge in [-0.1, -0.05) is 6.07 Å². The van der Waals surface area contributed by atoms with Crippen LogP contribution in [-0.2, 0) is 11.3 Å². The first-order valence-corrected chi connectivity index (χ1v) is 10.1. The van der Waals surface area contributed by atoms with Crippen molar-refractivity contribution < 1.29 is 4.74 Å². The van der Waals surface area contributed by atoms with Crippen LogP contribution in [0.15, 0.2) is 23.3 Å². The number of hydrogen-bond acceptors (Lipinski definition) is 5. The third kappa shape index (κ3) is 6.40. The van der Waals surface area contributed by atoms with Crippen LogP contribution in [0.2, 0.25) is 0 Å². The van der Waals surface area contributed by atoms with Crippen LogP contribution in [0, 0.1) is 0 Å². The monoisotopic (exact) mass is 365 g/mol. The van der Waals surface area contributed by atoms with Gasteiger partial charge < -0.3 is 20.3 Å². The minimum Gasteiger partial charge on any atom is -0.378 e. The number of aromatic nitrogens is 1. The Morgan fingerprint density at radius 2 is 2.12 bits per heavy atom. The van der Waals surface area contributed by atoms with Crippen molar-refractivity contribution in [2.75, 3.05) is 50.5 Å². The molecule has 0 saturated carbocycles. The van der Waals surface area contributed by atoms with Crippen LogP contribution in [0.4, 0.5) is 5.82 Å². The van der Waals surface area contributed by atoms with Crippen LogP contribution in [-0.4, -0.2) is 61.3 Å². The van der Waals surface area contributed by atoms with Gasteiger partial charge in [0.25, 0.3) is 0 Å². The van der Waals surface area contributed by atoms with Crippen LogP contribution in [0.3, 0.4) is 0 Å². The molecule has 0 radical (unpaired) electrons. The van der Waals surface area contributed by atoms with E-state index in [0.717, 1.165) is 56.7 Å². The van der Waals surface area contributed by atoms with E-state index in [1.165, 1.54) is 0 Å². The Balaban J connectivity index is 2.06. The molecule has 2 heterocycles. The van der Waals surface area contributed by atoms with Crippen molar-refractivity contribution in [2.45, 2.75) is 32.1 Å². The first-order chi connectivity index (χ1) is 12.1. The molecular weight excluding hydrogens is 334 g/mol. The number of morpholine rings is 1. The Labute approximate surface area is 155 Å². The number of ether oxygens (including phenoxy) is 1. The molecular formula is C18H31N5OS. The Bertz CT molecular complexity index is 558. The van der Waals surface area contributed by atoms with Crippen molar-refractivity contribution in [1.29, 1.82) is 0 Å². The average Bonchev–Trinajstić information content (AvgIpc) is 2.65. The molecule has 1 fully saturated rings. The van der Waals surface area contributed by atoms with Crippen molar-refractivity contribution in [3.05, 3.63) is 23.9 Å². The van der Waals surface area contributed by atoms with Gasteiger partial charge in [0, 0.05) is 42.7 Å². The summed E-state index contributed by atoms with van der Waals surface area (Å²) in [6, 6.07) is 4.09. The molecule has 1 saturated heterocycles. The number of guanidine groups is 1. The molecule has 1 aromatic rings. The van der Waals surface area contributed by atoms with Gasteiger partial charge in [-0.05, 0) is 33.1 Å². The summed E-state index contributed by atoms with van der Waals surface area (Å²) in [5.41, 5.74) is 1.14. The predicted octanol–water partition coefficient (Wildman–Crippen LogP) is 2.11. The molecule has 0 amide bonds. The second-order valence-corrected chi connectivity index (χ2v) is 8.11. The van der Waals surface area contributed by atoms with E-state index in [4.69, 9.17) is 9.73 Å². The normalized spacial score (nSPS) is 16.0. The van der Waals surface area contributed by atoms with E-state index in [0.29, 0.717) is 6.54 Å². The van der Waals surface area contributed by atoms with Crippen LogP contribution < -0.4 is 15.5 Å². The zero-order chi connectivity index (χ0) is 18.1. The van der Waals surface area contributed by atoms with Gasteiger partial charge >= 0.3 is 0 Å². The summed E-state index contributed by atoms with van der Waals surface area (Å²) in [6.07, 6.45) is 3.98. The maximum Gasteiger partial charge on any atom is 0.191 e. The molecule has 0 bridgehead atoms. The van der Waals surface area contributed by atoms with E-state index < -0.39 is 0 Å². The van der Waals surface area contributed by atoms with Crippen molar-refractivity contribution in [3.63, 3.8) is 0 Å². The lowest BCUT2D eigenvalue weighted by molar-refractivity contribution is 0.122. The van der Waals surface area contributed by atoms with Gasteiger partial charge in [-0.3, -0.25) is 0 Å². The fourth-order valence-electron chi connectivity index (χ4n) is 2.49. The van der Waals surface area contributed by atoms with E-state index in [1.54, 1.807) is 0 Å². The largest absolute Gasteiger partial charge is 0.378 e. The zero-order valence-electron chi connectivity index (χ0n) is 15.8. The molecule has 0 aromatic carbocycles. The Hall–Kier alpha value is -1.47. The predicted molar refractivity (Wildman–Crippen MR) is 108 cm³/mol. The lowest BCUT2D eigenvalue weighted by Crippen LogP contribution is -2.43. The lowest BCUT2D eigenvalue weighted by atomic mass is 10.2. The molecule has 0 spiro atoms. The molecule has 2 rings (SSSR count). The van der Waals surface area contributed by atoms with E-state index in [1.807, 2.05) is 24.0 Å². The second kappa shape index (κ2) is 9.87. The van der Waals surface area contributed by atoms with Crippen molar-refractivity contribution in [2.24, 2.45) is 4.99 Å². The van der Waals surface area contributed by atoms with Crippen molar-refractivity contribution in [1.82, 2.24) is 15.6 Å². The van der Waals surface area contributed by atoms with Crippen LogP contribution in [0.25, 0.3) is 0 Å². The topological polar surface area (TPSA) is 61.8 Å². The molecule has 1 aliphatic rings. The number of nitrogens with zero attached hydrogens (tertiary/aromatic N) is 3. The van der Waals surface area contributed by atoms with Gasteiger partial charge in [0.05, 0.1) is 19.8 Å². The fourth-order valence-corrected chi connectivity index (χ4v) is 2.70. The Morgan fingerprint density at radius 3 is 2.80 bits per heavy atom. The summed E-state index contributed by atoms with van der Waals surface area (Å²) in [5, 5.41) is 6.77. The SMILES string of the molecule is CCNC(=NCc1cccnc1N1CCOCC1)NCC(C)(C)SC. The average molecular weight is 366 g/mol. The second-order valence-electron chi connectivity index (χ2n) is 6.60. The maximum atomic E-state index is 5.45. The van der Waals surface area contributed by atoms with Crippen molar-refractivity contribution >= 4 is 23.5 Å². The van der Waals surface area contributed by atoms with Gasteiger partial charge in [-0.25, -0.2) is 9.98 Å². The van der Waals surface area contributed by atoms with Crippen molar-refractivity contribution in [3.8, 4) is 0 Å². The highest BCUT2D eigenvalue weighted by atomic mass is 32.2. The number of thioether (sulfide) groups is 1. The third-order valence-corrected chi connectivity index (χ3v) is 5.41. The number of anilines is 1. The highest BCUT2D eigenvalue weighted by molar-refractivity contribution is 7.99. The summed E-state index contributed by atoms with van der Waals surface area (Å²) in [4.78, 5) is 11.6. The lowest BCUT2D eigenvalue weighted by Gasteiger charge is -2.29. The summed E-state index contributed by atoms with van der Waals surface area (Å²) in [7, 11) is 0. The molecule has 0 atom stereocenters. The van der Waals surface area contributed by atoms with Crippen LogP contribution in [0.1, 0.15) is 26.3 Å². The number of nitrogens with one attached hydrogen (secondary N) is 2. The van der Waals surface area contributed by atoms with E-state index in [9.17, 15) is 0 Å². The van der Waals surface area contributed by atoms with E-state index >= 15 is 0 Å². The minimum absolute atomic E-state index is 0.170. The number of aliphatic imine (C=N–C) groups is 1. The van der Waals surface area contributed by atoms with Gasteiger partial charge in [0.1, 0.15) is 5.82 Å². The molecule has 0 unspecified atom stereocenters. The molecule has 7 heteroatoms. The number of hydrogen-bond donors (Lipinski definition) is 2. The van der Waals surface area contributed by atoms with E-state index in [2.05, 4.69) is 53.6 Å². The highest BCUT2D eigenvalue weighted by Crippen LogP contribution is 2.20. The van der Waals surface area contributed by atoms with Crippen LogP contribution >= 0.6 is 11.8 Å². The van der Waals surface area contributed by atoms with Crippen LogP contribution in [0.5, 0.6) is 0 Å². The molecule has 1 aromatic heterocycles. The van der Waals surface area contributed by atoms with Gasteiger partial charge in [0.2, 0.25) is 0 Å². The molecule has 0 aliphatic carbocycles. The summed E-state index contributed by atoms with van der Waals surface area (Å²) < 4.78 is 5.62. The first kappa shape index (κ1) is 19.8. The molecule has 1 aliphatic heterocycles. The standard InChI is InChI=1S/C18H31N5OS/c1-5-19-17(22-14-18(2,3)25-4)21-13-15-7-6-8-20-16(15)23-9-11-24-12-10-23/h6-8H,5,9-14H2,1-4H3,(H2,19,21,22). The third-order valence-electron chi connectivity index (χ3n) is 4.16. The van der Waals surface area contributed by atoms with Gasteiger partial charge in [0.15, 0.2) is 5.96 Å². The maximum absolute atomic E-state index is 5.45. The van der Waals surface area contributed by atoms with E-state index in [-0.39, 0.29) is 4.75 Å². The summed E-state index contributed by atoms with van der Waals surface area (Å²) in [6.45, 7) is 12.1. The smallest absolute Gasteiger partial charge is 0.191 e.